The number of aromatic amines is 1. The van der Waals surface area contributed by atoms with E-state index in [0.29, 0.717) is 17.0 Å². The highest BCUT2D eigenvalue weighted by Crippen LogP contribution is 2.22. The molecule has 2 aromatic heterocycles. The van der Waals surface area contributed by atoms with Gasteiger partial charge in [-0.05, 0) is 30.3 Å². The van der Waals surface area contributed by atoms with Crippen molar-refractivity contribution in [2.45, 2.75) is 12.7 Å². The average molecular weight is 379 g/mol. The van der Waals surface area contributed by atoms with Gasteiger partial charge in [0.05, 0.1) is 7.11 Å². The van der Waals surface area contributed by atoms with Crippen LogP contribution in [0.3, 0.4) is 0 Å². The third kappa shape index (κ3) is 4.69. The van der Waals surface area contributed by atoms with E-state index in [1.165, 1.54) is 12.3 Å². The van der Waals surface area contributed by atoms with Gasteiger partial charge in [-0.3, -0.25) is 4.79 Å². The topological polar surface area (TPSA) is 76.2 Å². The van der Waals surface area contributed by atoms with Crippen LogP contribution in [0.4, 0.5) is 13.2 Å². The van der Waals surface area contributed by atoms with Crippen LogP contribution in [0, 0.1) is 0 Å². The Balaban J connectivity index is 1.69. The van der Waals surface area contributed by atoms with Gasteiger partial charge in [-0.2, -0.15) is 13.2 Å². The first-order valence-electron chi connectivity index (χ1n) is 7.94. The molecule has 2 N–H and O–H groups in total. The molecule has 0 bridgehead atoms. The second-order valence-electron chi connectivity index (χ2n) is 5.69. The Morgan fingerprint density at radius 1 is 1.26 bits per heavy atom. The molecule has 6 nitrogen and oxygen atoms in total. The van der Waals surface area contributed by atoms with Gasteiger partial charge in [0, 0.05) is 29.2 Å². The van der Waals surface area contributed by atoms with Crippen LogP contribution in [0.15, 0.2) is 42.6 Å². The molecule has 0 radical (unpaired) electrons. The molecule has 0 unspecified atom stereocenters. The van der Waals surface area contributed by atoms with E-state index in [1.807, 2.05) is 0 Å². The summed E-state index contributed by atoms with van der Waals surface area (Å²) < 4.78 is 46.8. The zero-order chi connectivity index (χ0) is 19.4. The molecule has 0 spiro atoms. The summed E-state index contributed by atoms with van der Waals surface area (Å²) >= 11 is 0. The van der Waals surface area contributed by atoms with E-state index in [2.05, 4.69) is 15.3 Å². The summed E-state index contributed by atoms with van der Waals surface area (Å²) in [5.41, 5.74) is 1.42. The molecule has 0 aliphatic heterocycles. The summed E-state index contributed by atoms with van der Waals surface area (Å²) in [5.74, 6) is 0.0857. The highest BCUT2D eigenvalue weighted by molar-refractivity contribution is 5.98. The molecule has 0 aliphatic rings. The van der Waals surface area contributed by atoms with Gasteiger partial charge >= 0.3 is 6.18 Å². The normalized spacial score (nSPS) is 11.4. The predicted molar refractivity (Wildman–Crippen MR) is 91.8 cm³/mol. The number of amides is 1. The van der Waals surface area contributed by atoms with Gasteiger partial charge in [-0.15, -0.1) is 0 Å². The number of ether oxygens (including phenoxy) is 2. The number of benzene rings is 1. The number of aromatic nitrogens is 2. The fourth-order valence-electron chi connectivity index (χ4n) is 2.47. The molecule has 27 heavy (non-hydrogen) atoms. The Bertz CT molecular complexity index is 954. The van der Waals surface area contributed by atoms with Crippen LogP contribution in [0.2, 0.25) is 0 Å². The van der Waals surface area contributed by atoms with E-state index >= 15 is 0 Å². The van der Waals surface area contributed by atoms with Gasteiger partial charge < -0.3 is 19.8 Å². The van der Waals surface area contributed by atoms with Crippen molar-refractivity contribution in [3.8, 4) is 11.6 Å². The molecule has 1 amide bonds. The van der Waals surface area contributed by atoms with Crippen molar-refractivity contribution in [2.75, 3.05) is 13.7 Å². The Morgan fingerprint density at radius 3 is 2.81 bits per heavy atom. The fourth-order valence-corrected chi connectivity index (χ4v) is 2.47. The molecule has 9 heteroatoms. The summed E-state index contributed by atoms with van der Waals surface area (Å²) in [7, 11) is 1.55. The van der Waals surface area contributed by atoms with Crippen LogP contribution in [-0.2, 0) is 6.54 Å². The van der Waals surface area contributed by atoms with Gasteiger partial charge in [0.15, 0.2) is 6.61 Å². The largest absolute Gasteiger partial charge is 0.497 e. The van der Waals surface area contributed by atoms with Crippen molar-refractivity contribution in [3.63, 3.8) is 0 Å². The number of carbonyl (C=O) groups is 1. The van der Waals surface area contributed by atoms with Crippen LogP contribution in [0.5, 0.6) is 11.6 Å². The second kappa shape index (κ2) is 7.56. The molecule has 142 valence electrons. The zero-order valence-electron chi connectivity index (χ0n) is 14.3. The van der Waals surface area contributed by atoms with Gasteiger partial charge in [-0.1, -0.05) is 6.07 Å². The maximum atomic E-state index is 12.4. The molecule has 0 fully saturated rings. The van der Waals surface area contributed by atoms with Crippen molar-refractivity contribution in [3.05, 3.63) is 53.9 Å². The first kappa shape index (κ1) is 18.6. The summed E-state index contributed by atoms with van der Waals surface area (Å²) in [6.07, 6.45) is -3.15. The van der Waals surface area contributed by atoms with E-state index in [1.54, 1.807) is 37.4 Å². The number of hydrogen-bond donors (Lipinski definition) is 2. The number of halogens is 3. The number of pyridine rings is 1. The van der Waals surface area contributed by atoms with Gasteiger partial charge in [0.25, 0.3) is 5.91 Å². The summed E-state index contributed by atoms with van der Waals surface area (Å²) in [6, 6.07) is 10.1. The Morgan fingerprint density at radius 2 is 2.07 bits per heavy atom. The molecule has 0 atom stereocenters. The number of carbonyl (C=O) groups excluding carboxylic acids is 1. The third-order valence-corrected chi connectivity index (χ3v) is 3.73. The van der Waals surface area contributed by atoms with Crippen LogP contribution < -0.4 is 14.8 Å². The number of methoxy groups -OCH3 is 1. The fraction of sp³-hybridized carbons (Fsp3) is 0.222. The van der Waals surface area contributed by atoms with Crippen molar-refractivity contribution < 1.29 is 27.4 Å². The van der Waals surface area contributed by atoms with Crippen LogP contribution in [-0.4, -0.2) is 35.8 Å². The summed E-state index contributed by atoms with van der Waals surface area (Å²) in [4.78, 5) is 19.1. The Kier molecular flexibility index (Phi) is 5.20. The minimum Gasteiger partial charge on any atom is -0.497 e. The smallest absolute Gasteiger partial charge is 0.422 e. The quantitative estimate of drug-likeness (QED) is 0.688. The van der Waals surface area contributed by atoms with E-state index in [4.69, 9.17) is 9.47 Å². The number of H-pyrrole nitrogens is 1. The lowest BCUT2D eigenvalue weighted by molar-refractivity contribution is -0.154. The van der Waals surface area contributed by atoms with Gasteiger partial charge in [0.2, 0.25) is 5.88 Å². The maximum absolute atomic E-state index is 12.4. The molecule has 3 aromatic rings. The van der Waals surface area contributed by atoms with Crippen LogP contribution in [0.25, 0.3) is 10.9 Å². The number of nitrogens with one attached hydrogen (secondary N) is 2. The van der Waals surface area contributed by atoms with Crippen molar-refractivity contribution >= 4 is 16.8 Å². The minimum atomic E-state index is -4.47. The summed E-state index contributed by atoms with van der Waals surface area (Å²) in [5, 5.41) is 3.44. The first-order chi connectivity index (χ1) is 12.9. The molecule has 3 rings (SSSR count). The predicted octanol–water partition coefficient (Wildman–Crippen LogP) is 3.44. The lowest BCUT2D eigenvalue weighted by Gasteiger charge is -2.12. The molecule has 0 aliphatic carbocycles. The first-order valence-corrected chi connectivity index (χ1v) is 7.94. The minimum absolute atomic E-state index is 0.0292. The zero-order valence-corrected chi connectivity index (χ0v) is 14.3. The lowest BCUT2D eigenvalue weighted by Crippen LogP contribution is -2.24. The maximum Gasteiger partial charge on any atom is 0.422 e. The number of alkyl halides is 3. The molecule has 0 saturated heterocycles. The van der Waals surface area contributed by atoms with Crippen LogP contribution in [0.1, 0.15) is 16.1 Å². The molecule has 1 aromatic carbocycles. The number of nitrogens with zero attached hydrogens (tertiary/aromatic N) is 1. The summed E-state index contributed by atoms with van der Waals surface area (Å²) in [6.45, 7) is -1.48. The van der Waals surface area contributed by atoms with E-state index in [-0.39, 0.29) is 12.4 Å². The SMILES string of the molecule is COc1ccc2[nH]c(C(=O)NCc3cccnc3OCC(F)(F)F)cc2c1. The van der Waals surface area contributed by atoms with Crippen molar-refractivity contribution in [2.24, 2.45) is 0 Å². The standard InChI is InChI=1S/C18H16F3N3O3/c1-26-13-4-5-14-12(7-13)8-15(24-14)16(25)23-9-11-3-2-6-22-17(11)27-10-18(19,20)21/h2-8,24H,9-10H2,1H3,(H,23,25). The Labute approximate surface area is 152 Å². The number of hydrogen-bond acceptors (Lipinski definition) is 4. The van der Waals surface area contributed by atoms with E-state index in [0.717, 1.165) is 10.9 Å². The van der Waals surface area contributed by atoms with Crippen molar-refractivity contribution in [1.29, 1.82) is 0 Å². The monoisotopic (exact) mass is 379 g/mol. The van der Waals surface area contributed by atoms with E-state index < -0.39 is 18.7 Å². The number of rotatable bonds is 6. The molecular weight excluding hydrogens is 363 g/mol. The lowest BCUT2D eigenvalue weighted by atomic mass is 10.2. The molecule has 0 saturated carbocycles. The van der Waals surface area contributed by atoms with E-state index in [9.17, 15) is 18.0 Å². The Hall–Kier alpha value is -3.23. The molecular formula is C18H16F3N3O3. The van der Waals surface area contributed by atoms with Crippen LogP contribution >= 0.6 is 0 Å². The second-order valence-corrected chi connectivity index (χ2v) is 5.69. The van der Waals surface area contributed by atoms with Gasteiger partial charge in [0.1, 0.15) is 11.4 Å². The highest BCUT2D eigenvalue weighted by Gasteiger charge is 2.29. The highest BCUT2D eigenvalue weighted by atomic mass is 19.4. The van der Waals surface area contributed by atoms with Crippen molar-refractivity contribution in [1.82, 2.24) is 15.3 Å². The average Bonchev–Trinajstić information content (AvgIpc) is 3.07. The third-order valence-electron chi connectivity index (χ3n) is 3.73. The number of fused-ring (bicyclic) bond motifs is 1. The van der Waals surface area contributed by atoms with Gasteiger partial charge in [-0.25, -0.2) is 4.98 Å². The molecule has 2 heterocycles.